The number of benzene rings is 1. The number of methoxy groups -OCH3 is 1. The minimum Gasteiger partial charge on any atom is -0.495 e. The van der Waals surface area contributed by atoms with Crippen molar-refractivity contribution in [3.8, 4) is 5.75 Å². The lowest BCUT2D eigenvalue weighted by Gasteiger charge is -2.28. The fourth-order valence-electron chi connectivity index (χ4n) is 1.82. The predicted molar refractivity (Wildman–Crippen MR) is 79.6 cm³/mol. The molecule has 1 fully saturated rings. The average Bonchev–Trinajstić information content (AvgIpc) is 2.44. The molecule has 3 amide bonds. The van der Waals surface area contributed by atoms with Crippen LogP contribution in [0.3, 0.4) is 0 Å². The molecule has 0 radical (unpaired) electrons. The Bertz CT molecular complexity index is 517. The van der Waals surface area contributed by atoms with Crippen molar-refractivity contribution in [2.24, 2.45) is 0 Å². The molecule has 0 aliphatic carbocycles. The van der Waals surface area contributed by atoms with E-state index in [0.717, 1.165) is 5.56 Å². The molecule has 20 heavy (non-hydrogen) atoms. The number of hydrogen-bond acceptors (Lipinski definition) is 3. The molecule has 110 valence electrons. The summed E-state index contributed by atoms with van der Waals surface area (Å²) in [6.07, 6.45) is 0.274. The van der Waals surface area contributed by atoms with Crippen LogP contribution in [0.15, 0.2) is 12.1 Å². The first kappa shape index (κ1) is 16.3. The number of carbonyl (C=O) groups is 2. The molecule has 1 aliphatic rings. The number of ether oxygens (including phenoxy) is 1. The van der Waals surface area contributed by atoms with Crippen molar-refractivity contribution in [3.05, 3.63) is 22.7 Å². The van der Waals surface area contributed by atoms with E-state index in [0.29, 0.717) is 23.0 Å². The van der Waals surface area contributed by atoms with Crippen LogP contribution < -0.4 is 15.0 Å². The van der Waals surface area contributed by atoms with Gasteiger partial charge in [-0.2, -0.15) is 0 Å². The minimum absolute atomic E-state index is 0.263. The van der Waals surface area contributed by atoms with Crippen LogP contribution in [0.25, 0.3) is 0 Å². The van der Waals surface area contributed by atoms with Gasteiger partial charge in [-0.15, -0.1) is 0 Å². The lowest BCUT2D eigenvalue weighted by atomic mass is 10.1. The van der Waals surface area contributed by atoms with Crippen LogP contribution in [0.2, 0.25) is 5.02 Å². The van der Waals surface area contributed by atoms with Crippen molar-refractivity contribution >= 4 is 29.2 Å². The van der Waals surface area contributed by atoms with Gasteiger partial charge in [-0.25, -0.2) is 4.79 Å². The van der Waals surface area contributed by atoms with E-state index in [1.807, 2.05) is 20.8 Å². The maximum atomic E-state index is 11.8. The number of imide groups is 1. The third kappa shape index (κ3) is 3.42. The van der Waals surface area contributed by atoms with Gasteiger partial charge in [-0.1, -0.05) is 25.4 Å². The second-order valence-corrected chi connectivity index (χ2v) is 4.44. The summed E-state index contributed by atoms with van der Waals surface area (Å²) in [7, 11) is 1.51. The summed E-state index contributed by atoms with van der Waals surface area (Å²) < 4.78 is 5.22. The smallest absolute Gasteiger partial charge is 0.328 e. The number of hydrogen-bond donors (Lipinski definition) is 1. The lowest BCUT2D eigenvalue weighted by molar-refractivity contribution is -0.120. The van der Waals surface area contributed by atoms with Gasteiger partial charge in [-0.05, 0) is 18.6 Å². The molecule has 0 aromatic heterocycles. The van der Waals surface area contributed by atoms with Crippen molar-refractivity contribution in [1.29, 1.82) is 0 Å². The average molecular weight is 299 g/mol. The van der Waals surface area contributed by atoms with E-state index in [1.165, 1.54) is 12.0 Å². The highest BCUT2D eigenvalue weighted by Gasteiger charge is 2.26. The monoisotopic (exact) mass is 298 g/mol. The predicted octanol–water partition coefficient (Wildman–Crippen LogP) is 3.13. The van der Waals surface area contributed by atoms with Gasteiger partial charge in [0.25, 0.3) is 0 Å². The molecule has 5 nitrogen and oxygen atoms in total. The Morgan fingerprint density at radius 2 is 1.95 bits per heavy atom. The van der Waals surface area contributed by atoms with E-state index >= 15 is 0 Å². The van der Waals surface area contributed by atoms with Gasteiger partial charge in [0.15, 0.2) is 0 Å². The first-order valence-corrected chi connectivity index (χ1v) is 6.86. The van der Waals surface area contributed by atoms with Crippen molar-refractivity contribution in [2.45, 2.75) is 27.2 Å². The molecule has 1 N–H and O–H groups in total. The molecule has 0 bridgehead atoms. The quantitative estimate of drug-likeness (QED) is 0.912. The van der Waals surface area contributed by atoms with Gasteiger partial charge in [-0.3, -0.25) is 15.0 Å². The molecule has 0 saturated carbocycles. The molecule has 1 heterocycles. The van der Waals surface area contributed by atoms with Gasteiger partial charge in [0.2, 0.25) is 5.91 Å². The Morgan fingerprint density at radius 3 is 2.50 bits per heavy atom. The van der Waals surface area contributed by atoms with Gasteiger partial charge in [0, 0.05) is 24.1 Å². The van der Waals surface area contributed by atoms with Crippen molar-refractivity contribution in [3.63, 3.8) is 0 Å². The van der Waals surface area contributed by atoms with E-state index < -0.39 is 6.03 Å². The molecule has 6 heteroatoms. The summed E-state index contributed by atoms with van der Waals surface area (Å²) in [5, 5.41) is 2.85. The van der Waals surface area contributed by atoms with Crippen LogP contribution >= 0.6 is 11.6 Å². The van der Waals surface area contributed by atoms with E-state index in [-0.39, 0.29) is 12.3 Å². The van der Waals surface area contributed by atoms with Crippen LogP contribution in [0, 0.1) is 6.92 Å². The zero-order chi connectivity index (χ0) is 15.3. The number of rotatable bonds is 2. The van der Waals surface area contributed by atoms with E-state index in [9.17, 15) is 9.59 Å². The summed E-state index contributed by atoms with van der Waals surface area (Å²) in [5.41, 5.74) is 1.46. The van der Waals surface area contributed by atoms with Crippen molar-refractivity contribution < 1.29 is 14.3 Å². The number of carbonyl (C=O) groups excluding carboxylic acids is 2. The summed E-state index contributed by atoms with van der Waals surface area (Å²) in [6, 6.07) is 3.00. The summed E-state index contributed by atoms with van der Waals surface area (Å²) in [4.78, 5) is 24.4. The third-order valence-electron chi connectivity index (χ3n) is 2.80. The van der Waals surface area contributed by atoms with E-state index in [4.69, 9.17) is 16.3 Å². The van der Waals surface area contributed by atoms with E-state index in [2.05, 4.69) is 5.32 Å². The topological polar surface area (TPSA) is 58.6 Å². The Balaban J connectivity index is 0.000000956. The number of anilines is 1. The fourth-order valence-corrected chi connectivity index (χ4v) is 1.97. The van der Waals surface area contributed by atoms with Gasteiger partial charge in [0.05, 0.1) is 12.8 Å². The fraction of sp³-hybridized carbons (Fsp3) is 0.429. The number of nitrogens with one attached hydrogen (secondary N) is 1. The molecule has 2 rings (SSSR count). The second kappa shape index (κ2) is 7.14. The highest BCUT2D eigenvalue weighted by Crippen LogP contribution is 2.34. The Labute approximate surface area is 123 Å². The molecular formula is C14H19ClN2O3. The lowest BCUT2D eigenvalue weighted by Crippen LogP contribution is -2.49. The third-order valence-corrected chi connectivity index (χ3v) is 3.21. The zero-order valence-corrected chi connectivity index (χ0v) is 12.9. The number of nitrogens with zero attached hydrogens (tertiary/aromatic N) is 1. The molecular weight excluding hydrogens is 280 g/mol. The van der Waals surface area contributed by atoms with Crippen molar-refractivity contribution in [1.82, 2.24) is 5.32 Å². The number of aryl methyl sites for hydroxylation is 1. The minimum atomic E-state index is -0.439. The molecule has 0 spiro atoms. The maximum Gasteiger partial charge on any atom is 0.328 e. The second-order valence-electron chi connectivity index (χ2n) is 4.03. The van der Waals surface area contributed by atoms with Crippen LogP contribution in [0.1, 0.15) is 25.8 Å². The van der Waals surface area contributed by atoms with Crippen LogP contribution in [0.4, 0.5) is 10.5 Å². The number of amides is 3. The Kier molecular flexibility index (Phi) is 5.82. The molecule has 1 saturated heterocycles. The standard InChI is InChI=1S/C12H13ClN2O3.C2H6/c1-7-5-9(10(18-2)6-8(7)13)15-4-3-11(16)14-12(15)17;1-2/h5-6H,3-4H2,1-2H3,(H,14,16,17);1-2H3. The van der Waals surface area contributed by atoms with Crippen LogP contribution in [0.5, 0.6) is 5.75 Å². The molecule has 1 aliphatic heterocycles. The molecule has 1 aromatic rings. The molecule has 0 atom stereocenters. The molecule has 0 unspecified atom stereocenters. The first-order chi connectivity index (χ1) is 9.52. The zero-order valence-electron chi connectivity index (χ0n) is 12.1. The Hall–Kier alpha value is -1.75. The van der Waals surface area contributed by atoms with Gasteiger partial charge < -0.3 is 4.74 Å². The largest absolute Gasteiger partial charge is 0.495 e. The van der Waals surface area contributed by atoms with Gasteiger partial charge in [0.1, 0.15) is 5.75 Å². The highest BCUT2D eigenvalue weighted by atomic mass is 35.5. The number of urea groups is 1. The van der Waals surface area contributed by atoms with Crippen molar-refractivity contribution in [2.75, 3.05) is 18.6 Å². The van der Waals surface area contributed by atoms with Crippen LogP contribution in [-0.4, -0.2) is 25.6 Å². The summed E-state index contributed by atoms with van der Waals surface area (Å²) in [5.74, 6) is 0.246. The SMILES string of the molecule is CC.COc1cc(Cl)c(C)cc1N1CCC(=O)NC1=O. The summed E-state index contributed by atoms with van der Waals surface area (Å²) in [6.45, 7) is 6.18. The Morgan fingerprint density at radius 1 is 1.30 bits per heavy atom. The first-order valence-electron chi connectivity index (χ1n) is 6.48. The van der Waals surface area contributed by atoms with Gasteiger partial charge >= 0.3 is 6.03 Å². The summed E-state index contributed by atoms with van der Waals surface area (Å²) >= 11 is 6.01. The normalized spacial score (nSPS) is 14.3. The van der Waals surface area contributed by atoms with E-state index in [1.54, 1.807) is 12.1 Å². The van der Waals surface area contributed by atoms with Crippen LogP contribution in [-0.2, 0) is 4.79 Å². The highest BCUT2D eigenvalue weighted by molar-refractivity contribution is 6.31. The number of halogens is 1. The molecule has 1 aromatic carbocycles. The maximum absolute atomic E-state index is 11.8.